The second-order valence-electron chi connectivity index (χ2n) is 4.71. The topological polar surface area (TPSA) is 22.1 Å². The first-order chi connectivity index (χ1) is 8.15. The van der Waals surface area contributed by atoms with E-state index >= 15 is 0 Å². The summed E-state index contributed by atoms with van der Waals surface area (Å²) < 4.78 is 5.64. The number of alkyl halides is 1. The Labute approximate surface area is 116 Å². The predicted molar refractivity (Wildman–Crippen MR) is 73.9 cm³/mol. The van der Waals surface area contributed by atoms with Crippen LogP contribution in [0.15, 0.2) is 18.5 Å². The van der Waals surface area contributed by atoms with Gasteiger partial charge < -0.3 is 4.74 Å². The number of ether oxygens (including phenoxy) is 1. The van der Waals surface area contributed by atoms with Crippen molar-refractivity contribution in [2.75, 3.05) is 7.11 Å². The standard InChI is InChI=1S/C13H17BrClNO/c1-17-13(4-2-5-13)8-11(14)7-10-3-6-16-9-12(10)15/h3,6,9,11H,2,4-5,7-8H2,1H3. The van der Waals surface area contributed by atoms with Gasteiger partial charge in [-0.3, -0.25) is 4.98 Å². The van der Waals surface area contributed by atoms with E-state index in [0.717, 1.165) is 23.4 Å². The first-order valence-electron chi connectivity index (χ1n) is 5.93. The van der Waals surface area contributed by atoms with Crippen molar-refractivity contribution in [3.8, 4) is 0 Å². The van der Waals surface area contributed by atoms with Gasteiger partial charge in [-0.2, -0.15) is 0 Å². The predicted octanol–water partition coefficient (Wildman–Crippen LogP) is 4.00. The Bertz CT molecular complexity index is 376. The average Bonchev–Trinajstić information content (AvgIpc) is 2.27. The highest BCUT2D eigenvalue weighted by molar-refractivity contribution is 9.09. The van der Waals surface area contributed by atoms with E-state index in [0.29, 0.717) is 4.83 Å². The molecule has 1 fully saturated rings. The summed E-state index contributed by atoms with van der Waals surface area (Å²) in [6.07, 6.45) is 9.09. The highest BCUT2D eigenvalue weighted by Gasteiger charge is 2.38. The minimum atomic E-state index is 0.105. The SMILES string of the molecule is COC1(CC(Br)Cc2ccncc2Cl)CCC1. The van der Waals surface area contributed by atoms with E-state index in [1.807, 2.05) is 13.2 Å². The first kappa shape index (κ1) is 13.3. The molecule has 1 aromatic rings. The molecule has 1 heterocycles. The van der Waals surface area contributed by atoms with Gasteiger partial charge in [-0.05, 0) is 43.7 Å². The van der Waals surface area contributed by atoms with Crippen LogP contribution in [-0.2, 0) is 11.2 Å². The molecule has 0 radical (unpaired) electrons. The number of nitrogens with zero attached hydrogens (tertiary/aromatic N) is 1. The molecule has 0 amide bonds. The summed E-state index contributed by atoms with van der Waals surface area (Å²) in [6.45, 7) is 0. The number of hydrogen-bond donors (Lipinski definition) is 0. The van der Waals surface area contributed by atoms with E-state index in [-0.39, 0.29) is 5.60 Å². The van der Waals surface area contributed by atoms with Crippen LogP contribution in [0, 0.1) is 0 Å². The van der Waals surface area contributed by atoms with E-state index in [1.165, 1.54) is 19.3 Å². The summed E-state index contributed by atoms with van der Waals surface area (Å²) >= 11 is 9.85. The van der Waals surface area contributed by atoms with Crippen molar-refractivity contribution in [3.05, 3.63) is 29.0 Å². The van der Waals surface area contributed by atoms with E-state index < -0.39 is 0 Å². The maximum Gasteiger partial charge on any atom is 0.0689 e. The van der Waals surface area contributed by atoms with Crippen LogP contribution in [0.1, 0.15) is 31.2 Å². The van der Waals surface area contributed by atoms with Crippen molar-refractivity contribution in [2.45, 2.75) is 42.5 Å². The third-order valence-corrected chi connectivity index (χ3v) is 4.58. The van der Waals surface area contributed by atoms with Gasteiger partial charge in [0.1, 0.15) is 0 Å². The number of aromatic nitrogens is 1. The molecule has 0 saturated heterocycles. The maximum atomic E-state index is 6.11. The van der Waals surface area contributed by atoms with Crippen molar-refractivity contribution < 1.29 is 4.74 Å². The van der Waals surface area contributed by atoms with Crippen LogP contribution in [0.25, 0.3) is 0 Å². The Hall–Kier alpha value is -0.120. The molecule has 1 unspecified atom stereocenters. The summed E-state index contributed by atoms with van der Waals surface area (Å²) in [4.78, 5) is 4.40. The van der Waals surface area contributed by atoms with Crippen molar-refractivity contribution in [1.82, 2.24) is 4.98 Å². The Balaban J connectivity index is 1.93. The van der Waals surface area contributed by atoms with Crippen LogP contribution in [0.2, 0.25) is 5.02 Å². The van der Waals surface area contributed by atoms with Crippen LogP contribution in [-0.4, -0.2) is 22.5 Å². The van der Waals surface area contributed by atoms with Crippen molar-refractivity contribution >= 4 is 27.5 Å². The molecule has 0 aliphatic heterocycles. The molecule has 94 valence electrons. The summed E-state index contributed by atoms with van der Waals surface area (Å²) in [6, 6.07) is 1.98. The first-order valence-corrected chi connectivity index (χ1v) is 7.22. The monoisotopic (exact) mass is 317 g/mol. The molecule has 0 bridgehead atoms. The van der Waals surface area contributed by atoms with E-state index in [1.54, 1.807) is 12.4 Å². The Morgan fingerprint density at radius 2 is 2.35 bits per heavy atom. The van der Waals surface area contributed by atoms with E-state index in [4.69, 9.17) is 16.3 Å². The lowest BCUT2D eigenvalue weighted by atomic mass is 9.76. The van der Waals surface area contributed by atoms with Gasteiger partial charge in [0.25, 0.3) is 0 Å². The zero-order valence-corrected chi connectivity index (χ0v) is 12.3. The quantitative estimate of drug-likeness (QED) is 0.766. The highest BCUT2D eigenvalue weighted by Crippen LogP contribution is 2.40. The van der Waals surface area contributed by atoms with Crippen LogP contribution < -0.4 is 0 Å². The molecular formula is C13H17BrClNO. The summed E-state index contributed by atoms with van der Waals surface area (Å²) in [5.41, 5.74) is 1.25. The van der Waals surface area contributed by atoms with Gasteiger partial charge in [-0.1, -0.05) is 27.5 Å². The molecular weight excluding hydrogens is 302 g/mol. The minimum Gasteiger partial charge on any atom is -0.378 e. The highest BCUT2D eigenvalue weighted by atomic mass is 79.9. The Morgan fingerprint density at radius 1 is 1.59 bits per heavy atom. The molecule has 1 atom stereocenters. The fourth-order valence-electron chi connectivity index (χ4n) is 2.35. The number of hydrogen-bond acceptors (Lipinski definition) is 2. The molecule has 2 rings (SSSR count). The van der Waals surface area contributed by atoms with Crippen molar-refractivity contribution in [3.63, 3.8) is 0 Å². The summed E-state index contributed by atoms with van der Waals surface area (Å²) in [7, 11) is 1.82. The van der Waals surface area contributed by atoms with Gasteiger partial charge in [0.05, 0.1) is 10.6 Å². The molecule has 1 aliphatic rings. The zero-order valence-electron chi connectivity index (χ0n) is 9.96. The van der Waals surface area contributed by atoms with Gasteiger partial charge in [-0.25, -0.2) is 0 Å². The third-order valence-electron chi connectivity index (χ3n) is 3.59. The van der Waals surface area contributed by atoms with Gasteiger partial charge >= 0.3 is 0 Å². The van der Waals surface area contributed by atoms with Crippen molar-refractivity contribution in [1.29, 1.82) is 0 Å². The van der Waals surface area contributed by atoms with Gasteiger partial charge in [0.2, 0.25) is 0 Å². The van der Waals surface area contributed by atoms with E-state index in [9.17, 15) is 0 Å². The lowest BCUT2D eigenvalue weighted by Gasteiger charge is -2.42. The fourth-order valence-corrected chi connectivity index (χ4v) is 3.48. The van der Waals surface area contributed by atoms with Crippen LogP contribution >= 0.6 is 27.5 Å². The summed E-state index contributed by atoms with van der Waals surface area (Å²) in [5.74, 6) is 0. The van der Waals surface area contributed by atoms with Crippen molar-refractivity contribution in [2.24, 2.45) is 0 Å². The van der Waals surface area contributed by atoms with E-state index in [2.05, 4.69) is 20.9 Å². The number of methoxy groups -OCH3 is 1. The molecule has 4 heteroatoms. The number of halogens is 2. The lowest BCUT2D eigenvalue weighted by molar-refractivity contribution is -0.0770. The maximum absolute atomic E-state index is 6.11. The Morgan fingerprint density at radius 3 is 2.88 bits per heavy atom. The largest absolute Gasteiger partial charge is 0.378 e. The number of pyridine rings is 1. The normalized spacial score (nSPS) is 19.7. The smallest absolute Gasteiger partial charge is 0.0689 e. The Kier molecular flexibility index (Phi) is 4.45. The average molecular weight is 319 g/mol. The minimum absolute atomic E-state index is 0.105. The van der Waals surface area contributed by atoms with Crippen LogP contribution in [0.4, 0.5) is 0 Å². The van der Waals surface area contributed by atoms with Crippen LogP contribution in [0.5, 0.6) is 0 Å². The third kappa shape index (κ3) is 3.21. The fraction of sp³-hybridized carbons (Fsp3) is 0.615. The lowest BCUT2D eigenvalue weighted by Crippen LogP contribution is -2.41. The summed E-state index contributed by atoms with van der Waals surface area (Å²) in [5, 5.41) is 0.747. The second-order valence-corrected chi connectivity index (χ2v) is 6.42. The molecule has 2 nitrogen and oxygen atoms in total. The molecule has 0 spiro atoms. The molecule has 1 aliphatic carbocycles. The van der Waals surface area contributed by atoms with Gasteiger partial charge in [0.15, 0.2) is 0 Å². The van der Waals surface area contributed by atoms with Gasteiger partial charge in [0, 0.05) is 24.3 Å². The second kappa shape index (κ2) is 5.68. The van der Waals surface area contributed by atoms with Gasteiger partial charge in [-0.15, -0.1) is 0 Å². The zero-order chi connectivity index (χ0) is 12.3. The molecule has 0 N–H and O–H groups in total. The van der Waals surface area contributed by atoms with Crippen LogP contribution in [0.3, 0.4) is 0 Å². The molecule has 0 aromatic carbocycles. The molecule has 1 aromatic heterocycles. The molecule has 17 heavy (non-hydrogen) atoms. The molecule has 1 saturated carbocycles. The number of rotatable bonds is 5.